The van der Waals surface area contributed by atoms with Gasteiger partial charge in [-0.1, -0.05) is 20.8 Å². The van der Waals surface area contributed by atoms with Crippen molar-refractivity contribution in [1.29, 1.82) is 0 Å². The lowest BCUT2D eigenvalue weighted by atomic mass is 9.54. The molecule has 9 heteroatoms. The molecule has 2 aromatic carbocycles. The van der Waals surface area contributed by atoms with E-state index in [1.165, 1.54) is 44.2 Å². The van der Waals surface area contributed by atoms with Crippen molar-refractivity contribution in [1.82, 2.24) is 15.5 Å². The predicted molar refractivity (Wildman–Crippen MR) is 178 cm³/mol. The molecule has 4 saturated carbocycles. The van der Waals surface area contributed by atoms with Crippen LogP contribution in [0.5, 0.6) is 0 Å². The summed E-state index contributed by atoms with van der Waals surface area (Å²) >= 11 is 0. The Bertz CT molecular complexity index is 1390. The van der Waals surface area contributed by atoms with E-state index in [1.807, 2.05) is 20.8 Å². The highest BCUT2D eigenvalue weighted by Crippen LogP contribution is 2.53. The smallest absolute Gasteiger partial charge is 0.253 e. The number of aliphatic hydroxyl groups is 1. The van der Waals surface area contributed by atoms with Gasteiger partial charge in [-0.3, -0.25) is 14.4 Å². The van der Waals surface area contributed by atoms with Crippen molar-refractivity contribution in [3.63, 3.8) is 0 Å². The highest BCUT2D eigenvalue weighted by Gasteiger charge is 2.48. The SMILES string of the molecule is CCCN(CCC)C(=O)c1cc(C)cc(C(=O)NC(Cc2cc(F)cc(F)c2)[C@@H](O)C[C@@H](C)C(=O)NC2C3CC4CC(C3)CC2C4)c1. The summed E-state index contributed by atoms with van der Waals surface area (Å²) in [5.74, 6) is -0.238. The molecule has 4 aliphatic rings. The maximum Gasteiger partial charge on any atom is 0.253 e. The highest BCUT2D eigenvalue weighted by molar-refractivity contribution is 6.00. The topological polar surface area (TPSA) is 98.7 Å². The van der Waals surface area contributed by atoms with Crippen molar-refractivity contribution in [3.8, 4) is 0 Å². The van der Waals surface area contributed by atoms with Crippen molar-refractivity contribution in [2.45, 2.75) is 104 Å². The van der Waals surface area contributed by atoms with Crippen LogP contribution >= 0.6 is 0 Å². The second-order valence-electron chi connectivity index (χ2n) is 14.6. The van der Waals surface area contributed by atoms with Crippen LogP contribution in [0.4, 0.5) is 8.78 Å². The van der Waals surface area contributed by atoms with Crippen molar-refractivity contribution in [2.24, 2.45) is 29.6 Å². The molecule has 3 N–H and O–H groups in total. The summed E-state index contributed by atoms with van der Waals surface area (Å²) in [6.45, 7) is 8.81. The van der Waals surface area contributed by atoms with Crippen LogP contribution in [-0.4, -0.2) is 59.0 Å². The fourth-order valence-corrected chi connectivity index (χ4v) is 8.69. The van der Waals surface area contributed by atoms with E-state index in [0.29, 0.717) is 30.5 Å². The zero-order valence-corrected chi connectivity index (χ0v) is 28.2. The van der Waals surface area contributed by atoms with E-state index in [2.05, 4.69) is 10.6 Å². The zero-order valence-electron chi connectivity index (χ0n) is 28.2. The minimum Gasteiger partial charge on any atom is -0.391 e. The fourth-order valence-electron chi connectivity index (χ4n) is 8.69. The minimum atomic E-state index is -1.18. The van der Waals surface area contributed by atoms with Crippen molar-refractivity contribution < 1.29 is 28.3 Å². The fraction of sp³-hybridized carbons (Fsp3) is 0.605. The number of benzene rings is 2. The van der Waals surface area contributed by atoms with Gasteiger partial charge in [0.1, 0.15) is 11.6 Å². The normalized spacial score (nSPS) is 24.8. The number of nitrogens with zero attached hydrogens (tertiary/aromatic N) is 1. The first-order valence-corrected chi connectivity index (χ1v) is 17.6. The summed E-state index contributed by atoms with van der Waals surface area (Å²) in [6.07, 6.45) is 6.48. The lowest BCUT2D eigenvalue weighted by Gasteiger charge is -2.54. The van der Waals surface area contributed by atoms with E-state index in [4.69, 9.17) is 0 Å². The summed E-state index contributed by atoms with van der Waals surface area (Å²) in [5, 5.41) is 17.7. The van der Waals surface area contributed by atoms with Gasteiger partial charge in [0.2, 0.25) is 5.91 Å². The molecule has 0 spiro atoms. The summed E-state index contributed by atoms with van der Waals surface area (Å²) in [7, 11) is 0. The molecule has 47 heavy (non-hydrogen) atoms. The average Bonchev–Trinajstić information content (AvgIpc) is 3.00. The van der Waals surface area contributed by atoms with Gasteiger partial charge in [-0.25, -0.2) is 8.78 Å². The molecule has 1 unspecified atom stereocenters. The monoisotopic (exact) mass is 651 g/mol. The van der Waals surface area contributed by atoms with Crippen LogP contribution < -0.4 is 10.6 Å². The molecule has 4 aliphatic carbocycles. The van der Waals surface area contributed by atoms with E-state index >= 15 is 0 Å². The number of aliphatic hydroxyl groups excluding tert-OH is 1. The van der Waals surface area contributed by atoms with E-state index in [9.17, 15) is 28.3 Å². The summed E-state index contributed by atoms with van der Waals surface area (Å²) in [5.41, 5.74) is 1.65. The van der Waals surface area contributed by atoms with Crippen LogP contribution in [0.25, 0.3) is 0 Å². The first kappa shape index (κ1) is 35.0. The number of hydrogen-bond acceptors (Lipinski definition) is 4. The Kier molecular flexibility index (Phi) is 11.4. The molecule has 3 amide bonds. The second-order valence-corrected chi connectivity index (χ2v) is 14.6. The van der Waals surface area contributed by atoms with Crippen LogP contribution in [-0.2, 0) is 11.2 Å². The molecular weight excluding hydrogens is 600 g/mol. The molecule has 0 aromatic heterocycles. The molecule has 3 atom stereocenters. The highest BCUT2D eigenvalue weighted by atomic mass is 19.1. The number of carbonyl (C=O) groups excluding carboxylic acids is 3. The van der Waals surface area contributed by atoms with Gasteiger partial charge < -0.3 is 20.6 Å². The molecule has 4 fully saturated rings. The third-order valence-corrected chi connectivity index (χ3v) is 10.6. The van der Waals surface area contributed by atoms with Crippen LogP contribution in [0.2, 0.25) is 0 Å². The quantitative estimate of drug-likeness (QED) is 0.227. The number of carbonyl (C=O) groups is 3. The van der Waals surface area contributed by atoms with Gasteiger partial charge in [-0.05, 0) is 130 Å². The predicted octanol–water partition coefficient (Wildman–Crippen LogP) is 6.20. The Balaban J connectivity index is 1.30. The molecule has 7 nitrogen and oxygen atoms in total. The Morgan fingerprint density at radius 1 is 0.872 bits per heavy atom. The Morgan fingerprint density at radius 3 is 2.02 bits per heavy atom. The van der Waals surface area contributed by atoms with Gasteiger partial charge in [0.15, 0.2) is 0 Å². The van der Waals surface area contributed by atoms with E-state index in [0.717, 1.165) is 36.3 Å². The van der Waals surface area contributed by atoms with Crippen LogP contribution in [0.1, 0.15) is 104 Å². The third-order valence-electron chi connectivity index (χ3n) is 10.6. The van der Waals surface area contributed by atoms with E-state index in [1.54, 1.807) is 30.0 Å². The van der Waals surface area contributed by atoms with Gasteiger partial charge in [0.05, 0.1) is 12.1 Å². The maximum absolute atomic E-state index is 14.1. The van der Waals surface area contributed by atoms with Gasteiger partial charge in [-0.15, -0.1) is 0 Å². The first-order valence-electron chi connectivity index (χ1n) is 17.6. The van der Waals surface area contributed by atoms with Crippen LogP contribution in [0, 0.1) is 48.1 Å². The minimum absolute atomic E-state index is 0.0517. The van der Waals surface area contributed by atoms with E-state index in [-0.39, 0.29) is 41.8 Å². The number of rotatable bonds is 14. The van der Waals surface area contributed by atoms with Gasteiger partial charge in [0, 0.05) is 42.2 Å². The van der Waals surface area contributed by atoms with Gasteiger partial charge in [0.25, 0.3) is 11.8 Å². The maximum atomic E-state index is 14.1. The Labute approximate surface area is 277 Å². The Morgan fingerprint density at radius 2 is 1.45 bits per heavy atom. The molecule has 4 bridgehead atoms. The summed E-state index contributed by atoms with van der Waals surface area (Å²) < 4.78 is 28.3. The molecule has 256 valence electrons. The summed E-state index contributed by atoms with van der Waals surface area (Å²) in [6, 6.07) is 7.32. The number of amides is 3. The first-order chi connectivity index (χ1) is 22.4. The van der Waals surface area contributed by atoms with Crippen molar-refractivity contribution in [3.05, 3.63) is 70.3 Å². The molecule has 6 rings (SSSR count). The molecular formula is C38H51F2N3O4. The molecule has 2 aromatic rings. The van der Waals surface area contributed by atoms with Crippen LogP contribution in [0.15, 0.2) is 36.4 Å². The second kappa shape index (κ2) is 15.3. The lowest BCUT2D eigenvalue weighted by Crippen LogP contribution is -2.56. The largest absolute Gasteiger partial charge is 0.391 e. The number of hydrogen-bond donors (Lipinski definition) is 3. The lowest BCUT2D eigenvalue weighted by molar-refractivity contribution is -0.129. The summed E-state index contributed by atoms with van der Waals surface area (Å²) in [4.78, 5) is 42.2. The van der Waals surface area contributed by atoms with Gasteiger partial charge >= 0.3 is 0 Å². The molecule has 0 radical (unpaired) electrons. The standard InChI is InChI=1S/C38H51F2N3O4/c1-5-7-43(8-6-2)38(47)30-10-22(3)9-29(20-30)37(46)41-33(19-26-17-31(39)21-32(40)18-26)34(44)11-23(4)36(45)42-35-27-13-24-12-25(15-27)16-28(35)14-24/h9-10,17-18,20-21,23-25,27-28,33-35,44H,5-8,11-16,19H2,1-4H3,(H,41,46)(H,42,45)/t23-,24?,25?,27?,28?,33?,34+,35?/m1/s1. The number of nitrogens with one attached hydrogen (secondary N) is 2. The molecule has 0 saturated heterocycles. The number of aryl methyl sites for hydroxylation is 1. The average molecular weight is 652 g/mol. The molecule has 0 heterocycles. The van der Waals surface area contributed by atoms with E-state index < -0.39 is 35.6 Å². The van der Waals surface area contributed by atoms with Gasteiger partial charge in [-0.2, -0.15) is 0 Å². The van der Waals surface area contributed by atoms with Crippen molar-refractivity contribution in [2.75, 3.05) is 13.1 Å². The molecule has 0 aliphatic heterocycles. The van der Waals surface area contributed by atoms with Crippen molar-refractivity contribution >= 4 is 17.7 Å². The third kappa shape index (κ3) is 8.59. The van der Waals surface area contributed by atoms with Crippen LogP contribution in [0.3, 0.4) is 0 Å². The Hall–Kier alpha value is -3.33. The zero-order chi connectivity index (χ0) is 33.8. The number of halogens is 2.